The number of hydrogen-bond acceptors (Lipinski definition) is 1. The minimum absolute atomic E-state index is 0.968. The summed E-state index contributed by atoms with van der Waals surface area (Å²) in [4.78, 5) is 7.27. The predicted octanol–water partition coefficient (Wildman–Crippen LogP) is 15.3. The van der Waals surface area contributed by atoms with Gasteiger partial charge in [-0.15, -0.1) is 20.1 Å². The van der Waals surface area contributed by atoms with Crippen LogP contribution in [0.5, 0.6) is 0 Å². The summed E-state index contributed by atoms with van der Waals surface area (Å²) in [6.07, 6.45) is 0. The molecule has 3 heteroatoms. The molecule has 0 saturated heterocycles. The molecule has 0 unspecified atom stereocenters. The van der Waals surface area contributed by atoms with Crippen LogP contribution >= 0.6 is 20.1 Å². The van der Waals surface area contributed by atoms with Crippen molar-refractivity contribution in [3.05, 3.63) is 243 Å². The summed E-state index contributed by atoms with van der Waals surface area (Å²) in [5, 5.41) is 1.94. The topological polar surface area (TPSA) is 13.1 Å². The summed E-state index contributed by atoms with van der Waals surface area (Å²) < 4.78 is 8.19. The average molecular weight is 745 g/mol. The Morgan fingerprint density at radius 2 is 0.400 bits per heavy atom. The molecule has 1 heterocycles. The molecule has 9 aromatic rings. The van der Waals surface area contributed by atoms with Crippen LogP contribution < -0.4 is 0 Å². The second-order valence-electron chi connectivity index (χ2n) is 13.3. The molecule has 0 aliphatic heterocycles. The van der Waals surface area contributed by atoms with Crippen molar-refractivity contribution in [3.8, 4) is 22.3 Å². The van der Waals surface area contributed by atoms with Gasteiger partial charge in [0.1, 0.15) is 0 Å². The molecule has 55 heavy (non-hydrogen) atoms. The van der Waals surface area contributed by atoms with Crippen LogP contribution in [-0.2, 0) is 0 Å². The van der Waals surface area contributed by atoms with Gasteiger partial charge in [0.25, 0.3) is 0 Å². The van der Waals surface area contributed by atoms with Crippen molar-refractivity contribution in [2.24, 2.45) is 0 Å². The zero-order valence-corrected chi connectivity index (χ0v) is 32.0. The Hall–Kier alpha value is -6.26. The minimum atomic E-state index is -2.26. The van der Waals surface area contributed by atoms with Crippen molar-refractivity contribution >= 4 is 20.1 Å². The van der Waals surface area contributed by atoms with Gasteiger partial charge in [-0.2, -0.15) is 0 Å². The first-order valence-electron chi connectivity index (χ1n) is 18.6. The van der Waals surface area contributed by atoms with Crippen LogP contribution in [0.3, 0.4) is 0 Å². The summed E-state index contributed by atoms with van der Waals surface area (Å²) in [5.41, 5.74) is 4.48. The van der Waals surface area contributed by atoms with Gasteiger partial charge in [0.15, 0.2) is 10.2 Å². The van der Waals surface area contributed by atoms with E-state index in [0.29, 0.717) is 0 Å². The molecule has 0 atom stereocenters. The van der Waals surface area contributed by atoms with E-state index in [0.717, 1.165) is 32.4 Å². The maximum atomic E-state index is 8.19. The van der Waals surface area contributed by atoms with Crippen molar-refractivity contribution < 1.29 is 4.42 Å². The monoisotopic (exact) mass is 744 g/mol. The van der Waals surface area contributed by atoms with Crippen molar-refractivity contribution in [2.75, 3.05) is 0 Å². The molecule has 9 rings (SSSR count). The van der Waals surface area contributed by atoms with Crippen molar-refractivity contribution in [1.29, 1.82) is 0 Å². The standard InChI is InChI=1S/C52H40OS2/c1-9-25-41(26-10-1)49-50(42-27-11-2-12-28-42)52(55(46-35-19-6-20-36-46,47-37-21-7-22-38-47)48-39-23-8-24-40-48)53-51(49)54(43-29-13-3-14-30-43,44-31-15-4-16-32-44)45-33-17-5-18-34-45/h1-40H. The number of benzene rings is 8. The van der Waals surface area contributed by atoms with Gasteiger partial charge >= 0.3 is 0 Å². The molecule has 0 fully saturated rings. The third kappa shape index (κ3) is 5.93. The second-order valence-corrected chi connectivity index (χ2v) is 19.3. The van der Waals surface area contributed by atoms with E-state index in [-0.39, 0.29) is 0 Å². The molecule has 0 saturated carbocycles. The van der Waals surface area contributed by atoms with E-state index in [9.17, 15) is 0 Å². The lowest BCUT2D eigenvalue weighted by Gasteiger charge is -2.41. The fraction of sp³-hybridized carbons (Fsp3) is 0. The van der Waals surface area contributed by atoms with Crippen molar-refractivity contribution in [3.63, 3.8) is 0 Å². The summed E-state index contributed by atoms with van der Waals surface area (Å²) in [6.45, 7) is 0. The summed E-state index contributed by atoms with van der Waals surface area (Å²) in [5.74, 6) is 0. The lowest BCUT2D eigenvalue weighted by molar-refractivity contribution is 0.391. The van der Waals surface area contributed by atoms with Gasteiger partial charge < -0.3 is 4.42 Å². The molecule has 0 aliphatic rings. The summed E-state index contributed by atoms with van der Waals surface area (Å²) in [6, 6.07) is 88.0. The van der Waals surface area contributed by atoms with E-state index in [1.54, 1.807) is 0 Å². The molecule has 0 spiro atoms. The molecule has 0 amide bonds. The van der Waals surface area contributed by atoms with E-state index in [4.69, 9.17) is 4.42 Å². The molecule has 8 aromatic carbocycles. The Morgan fingerprint density at radius 1 is 0.218 bits per heavy atom. The summed E-state index contributed by atoms with van der Waals surface area (Å²) >= 11 is 0. The molecule has 0 aliphatic carbocycles. The predicted molar refractivity (Wildman–Crippen MR) is 230 cm³/mol. The first kappa shape index (κ1) is 34.5. The maximum absolute atomic E-state index is 8.19. The van der Waals surface area contributed by atoms with Gasteiger partial charge in [0.05, 0.1) is 0 Å². The van der Waals surface area contributed by atoms with Crippen molar-refractivity contribution in [1.82, 2.24) is 0 Å². The van der Waals surface area contributed by atoms with Crippen LogP contribution in [0.15, 0.2) is 287 Å². The highest BCUT2D eigenvalue weighted by atomic mass is 32.3. The molecule has 0 N–H and O–H groups in total. The highest BCUT2D eigenvalue weighted by molar-refractivity contribution is 8.34. The van der Waals surface area contributed by atoms with Gasteiger partial charge in [0, 0.05) is 40.5 Å². The normalized spacial score (nSPS) is 12.2. The fourth-order valence-electron chi connectivity index (χ4n) is 7.76. The Kier molecular flexibility index (Phi) is 9.56. The summed E-state index contributed by atoms with van der Waals surface area (Å²) in [7, 11) is -4.52. The van der Waals surface area contributed by atoms with Crippen LogP contribution in [-0.4, -0.2) is 0 Å². The van der Waals surface area contributed by atoms with Gasteiger partial charge in [-0.3, -0.25) is 0 Å². The quantitative estimate of drug-likeness (QED) is 0.136. The highest BCUT2D eigenvalue weighted by Crippen LogP contribution is 2.81. The molecule has 0 radical (unpaired) electrons. The number of furan rings is 1. The van der Waals surface area contributed by atoms with E-state index in [1.807, 2.05) is 0 Å². The van der Waals surface area contributed by atoms with Gasteiger partial charge in [-0.1, -0.05) is 170 Å². The van der Waals surface area contributed by atoms with E-state index < -0.39 is 20.1 Å². The van der Waals surface area contributed by atoms with Gasteiger partial charge in [-0.05, 0) is 83.9 Å². The molecule has 1 aromatic heterocycles. The molecule has 1 nitrogen and oxygen atoms in total. The van der Waals surface area contributed by atoms with E-state index in [2.05, 4.69) is 243 Å². The molecular formula is C52H40OS2. The zero-order chi connectivity index (χ0) is 36.9. The Bertz CT molecular complexity index is 2220. The fourth-order valence-corrected chi connectivity index (χ4v) is 15.6. The Labute approximate surface area is 327 Å². The largest absolute Gasteiger partial charge is 0.443 e. The average Bonchev–Trinajstić information content (AvgIpc) is 3.68. The van der Waals surface area contributed by atoms with Crippen LogP contribution in [0.4, 0.5) is 0 Å². The van der Waals surface area contributed by atoms with Crippen LogP contribution in [0.25, 0.3) is 22.3 Å². The number of rotatable bonds is 10. The Morgan fingerprint density at radius 3 is 0.600 bits per heavy atom. The second kappa shape index (κ2) is 15.2. The third-order valence-electron chi connectivity index (χ3n) is 10.1. The molecule has 0 bridgehead atoms. The Balaban J connectivity index is 1.57. The van der Waals surface area contributed by atoms with Crippen LogP contribution in [0.1, 0.15) is 0 Å². The first-order chi connectivity index (χ1) is 27.3. The molecular weight excluding hydrogens is 705 g/mol. The third-order valence-corrected chi connectivity index (χ3v) is 17.7. The zero-order valence-electron chi connectivity index (χ0n) is 30.3. The van der Waals surface area contributed by atoms with Gasteiger partial charge in [0.2, 0.25) is 0 Å². The molecule has 266 valence electrons. The number of hydrogen-bond donors (Lipinski definition) is 0. The van der Waals surface area contributed by atoms with E-state index >= 15 is 0 Å². The van der Waals surface area contributed by atoms with Crippen LogP contribution in [0.2, 0.25) is 0 Å². The first-order valence-corrected chi connectivity index (χ1v) is 21.8. The lowest BCUT2D eigenvalue weighted by Crippen LogP contribution is -2.06. The van der Waals surface area contributed by atoms with Crippen LogP contribution in [0, 0.1) is 0 Å². The minimum Gasteiger partial charge on any atom is -0.443 e. The maximum Gasteiger partial charge on any atom is 0.165 e. The lowest BCUT2D eigenvalue weighted by atomic mass is 9.99. The highest BCUT2D eigenvalue weighted by Gasteiger charge is 2.46. The van der Waals surface area contributed by atoms with Crippen molar-refractivity contribution in [2.45, 2.75) is 39.6 Å². The van der Waals surface area contributed by atoms with Gasteiger partial charge in [-0.25, -0.2) is 0 Å². The SMILES string of the molecule is c1ccc(-c2c(S(c3ccccc3)(c3ccccc3)c3ccccc3)oc(S(c3ccccc3)(c3ccccc3)c3ccccc3)c2-c2ccccc2)cc1. The smallest absolute Gasteiger partial charge is 0.165 e. The van der Waals surface area contributed by atoms with E-state index in [1.165, 1.54) is 29.4 Å².